The quantitative estimate of drug-likeness (QED) is 0.677. The Hall–Kier alpha value is -1.98. The number of likely N-dealkylation sites (tertiary alicyclic amines) is 1. The summed E-state index contributed by atoms with van der Waals surface area (Å²) >= 11 is 0. The van der Waals surface area contributed by atoms with Gasteiger partial charge in [0.15, 0.2) is 0 Å². The van der Waals surface area contributed by atoms with E-state index in [1.165, 1.54) is 25.7 Å². The molecule has 5 aliphatic rings. The van der Waals surface area contributed by atoms with Crippen LogP contribution in [0.5, 0.6) is 0 Å². The van der Waals surface area contributed by atoms with Gasteiger partial charge in [0.25, 0.3) is 0 Å². The fourth-order valence-corrected chi connectivity index (χ4v) is 5.97. The Bertz CT molecular complexity index is 896. The van der Waals surface area contributed by atoms with E-state index in [0.29, 0.717) is 43.8 Å². The lowest BCUT2D eigenvalue weighted by atomic mass is 9.77. The number of carbonyl (C=O) groups is 1. The number of nitriles is 1. The molecule has 8 nitrogen and oxygen atoms in total. The normalized spacial score (nSPS) is 34.2. The summed E-state index contributed by atoms with van der Waals surface area (Å²) in [6, 6.07) is 2.54. The van der Waals surface area contributed by atoms with E-state index >= 15 is 0 Å². The lowest BCUT2D eigenvalue weighted by Gasteiger charge is -2.37. The second kappa shape index (κ2) is 8.11. The highest BCUT2D eigenvalue weighted by Crippen LogP contribution is 2.45. The summed E-state index contributed by atoms with van der Waals surface area (Å²) < 4.78 is 13.9. The van der Waals surface area contributed by atoms with E-state index in [9.17, 15) is 10.1 Å². The maximum absolute atomic E-state index is 13.4. The molecule has 2 saturated heterocycles. The van der Waals surface area contributed by atoms with E-state index in [-0.39, 0.29) is 18.1 Å². The van der Waals surface area contributed by atoms with Crippen molar-refractivity contribution < 1.29 is 14.3 Å². The summed E-state index contributed by atoms with van der Waals surface area (Å²) in [7, 11) is 0. The van der Waals surface area contributed by atoms with Crippen LogP contribution in [0, 0.1) is 34.5 Å². The largest absolute Gasteiger partial charge is 0.381 e. The minimum atomic E-state index is -0.905. The average Bonchev–Trinajstić information content (AvgIpc) is 3.76. The van der Waals surface area contributed by atoms with Crippen molar-refractivity contribution in [2.45, 2.75) is 69.4 Å². The highest BCUT2D eigenvalue weighted by molar-refractivity contribution is 5.86. The number of amides is 1. The molecule has 1 aromatic rings. The van der Waals surface area contributed by atoms with Gasteiger partial charge in [0, 0.05) is 45.0 Å². The van der Waals surface area contributed by atoms with Crippen LogP contribution >= 0.6 is 0 Å². The van der Waals surface area contributed by atoms with Crippen molar-refractivity contribution in [1.29, 1.82) is 5.26 Å². The number of hydrogen-bond donors (Lipinski definition) is 0. The Labute approximate surface area is 189 Å². The third-order valence-corrected chi connectivity index (χ3v) is 8.45. The highest BCUT2D eigenvalue weighted by Gasteiger charge is 2.50. The molecule has 3 aliphatic carbocycles. The first-order valence-electron chi connectivity index (χ1n) is 12.5. The lowest BCUT2D eigenvalue weighted by Crippen LogP contribution is -2.45. The van der Waals surface area contributed by atoms with Crippen molar-refractivity contribution in [3.8, 4) is 6.07 Å². The molecule has 0 N–H and O–H groups in total. The molecule has 0 unspecified atom stereocenters. The number of fused-ring (bicyclic) bond motifs is 1. The standard InChI is InChI=1S/C24H33N5O3/c25-15-24(5-7-31-8-6-24)23(30)28-11-18-9-21(29-13-20(26-27-29)17-3-4-17)22(10-19(18)12-28)32-14-16-1-2-16/h13,16-19,21-22H,1-12,14H2/t18-,19+,21-,22-/m1/s1. The molecule has 2 aliphatic heterocycles. The molecule has 4 atom stereocenters. The summed E-state index contributed by atoms with van der Waals surface area (Å²) in [4.78, 5) is 15.4. The van der Waals surface area contributed by atoms with Crippen LogP contribution in [-0.4, -0.2) is 64.8 Å². The number of ether oxygens (including phenoxy) is 2. The second-order valence-corrected chi connectivity index (χ2v) is 10.8. The Morgan fingerprint density at radius 1 is 1.19 bits per heavy atom. The van der Waals surface area contributed by atoms with Gasteiger partial charge in [-0.3, -0.25) is 4.79 Å². The zero-order chi connectivity index (χ0) is 21.7. The monoisotopic (exact) mass is 439 g/mol. The van der Waals surface area contributed by atoms with Gasteiger partial charge in [-0.05, 0) is 69.1 Å². The van der Waals surface area contributed by atoms with Crippen LogP contribution in [-0.2, 0) is 14.3 Å². The number of rotatable bonds is 6. The molecular formula is C24H33N5O3. The smallest absolute Gasteiger partial charge is 0.243 e. The highest BCUT2D eigenvalue weighted by atomic mass is 16.5. The molecule has 0 spiro atoms. The van der Waals surface area contributed by atoms with Gasteiger partial charge in [0.1, 0.15) is 5.41 Å². The first-order chi connectivity index (χ1) is 15.6. The van der Waals surface area contributed by atoms with E-state index in [4.69, 9.17) is 9.47 Å². The number of nitrogens with zero attached hydrogens (tertiary/aromatic N) is 5. The van der Waals surface area contributed by atoms with E-state index < -0.39 is 5.41 Å². The fraction of sp³-hybridized carbons (Fsp3) is 0.833. The van der Waals surface area contributed by atoms with Crippen LogP contribution < -0.4 is 0 Å². The number of hydrogen-bond acceptors (Lipinski definition) is 6. The van der Waals surface area contributed by atoms with Gasteiger partial charge in [0.05, 0.1) is 23.9 Å². The Balaban J connectivity index is 1.18. The van der Waals surface area contributed by atoms with Crippen LogP contribution in [0.15, 0.2) is 6.20 Å². The van der Waals surface area contributed by atoms with E-state index in [1.54, 1.807) is 0 Å². The molecule has 8 heteroatoms. The van der Waals surface area contributed by atoms with E-state index in [0.717, 1.165) is 44.1 Å². The van der Waals surface area contributed by atoms with Crippen molar-refractivity contribution in [2.75, 3.05) is 32.9 Å². The topological polar surface area (TPSA) is 93.3 Å². The number of carbonyl (C=O) groups excluding carboxylic acids is 1. The molecule has 3 saturated carbocycles. The maximum atomic E-state index is 13.4. The molecule has 172 valence electrons. The van der Waals surface area contributed by atoms with Gasteiger partial charge in [-0.2, -0.15) is 5.26 Å². The van der Waals surface area contributed by atoms with Gasteiger partial charge < -0.3 is 14.4 Å². The summed E-state index contributed by atoms with van der Waals surface area (Å²) in [6.45, 7) is 3.31. The molecule has 0 radical (unpaired) electrons. The fourth-order valence-electron chi connectivity index (χ4n) is 5.97. The first-order valence-corrected chi connectivity index (χ1v) is 12.5. The summed E-state index contributed by atoms with van der Waals surface area (Å²) in [5.41, 5.74) is 0.213. The van der Waals surface area contributed by atoms with Crippen LogP contribution in [0.1, 0.15) is 69.0 Å². The van der Waals surface area contributed by atoms with Crippen molar-refractivity contribution in [2.24, 2.45) is 23.2 Å². The molecule has 1 amide bonds. The molecule has 32 heavy (non-hydrogen) atoms. The van der Waals surface area contributed by atoms with Gasteiger partial charge in [0.2, 0.25) is 5.91 Å². The average molecular weight is 440 g/mol. The lowest BCUT2D eigenvalue weighted by molar-refractivity contribution is -0.142. The van der Waals surface area contributed by atoms with E-state index in [2.05, 4.69) is 27.3 Å². The number of aromatic nitrogens is 3. The zero-order valence-corrected chi connectivity index (χ0v) is 18.7. The van der Waals surface area contributed by atoms with Crippen LogP contribution in [0.4, 0.5) is 0 Å². The van der Waals surface area contributed by atoms with Crippen molar-refractivity contribution in [3.05, 3.63) is 11.9 Å². The maximum Gasteiger partial charge on any atom is 0.243 e. The second-order valence-electron chi connectivity index (χ2n) is 10.8. The van der Waals surface area contributed by atoms with Gasteiger partial charge in [-0.15, -0.1) is 5.10 Å². The first kappa shape index (κ1) is 20.6. The SMILES string of the molecule is N#CC1(C(=O)N2C[C@H]3C[C@@H](n4cc(C5CC5)nn4)[C@H](OCC4CC4)C[C@H]3C2)CCOCC1. The summed E-state index contributed by atoms with van der Waals surface area (Å²) in [5, 5.41) is 18.8. The molecule has 0 bridgehead atoms. The van der Waals surface area contributed by atoms with Crippen LogP contribution in [0.3, 0.4) is 0 Å². The Morgan fingerprint density at radius 2 is 1.94 bits per heavy atom. The van der Waals surface area contributed by atoms with E-state index in [1.807, 2.05) is 4.90 Å². The van der Waals surface area contributed by atoms with Gasteiger partial charge in [-0.25, -0.2) is 4.68 Å². The zero-order valence-electron chi connectivity index (χ0n) is 18.7. The predicted octanol–water partition coefficient (Wildman–Crippen LogP) is 2.68. The van der Waals surface area contributed by atoms with Crippen molar-refractivity contribution >= 4 is 5.91 Å². The predicted molar refractivity (Wildman–Crippen MR) is 114 cm³/mol. The third kappa shape index (κ3) is 3.84. The third-order valence-electron chi connectivity index (χ3n) is 8.45. The van der Waals surface area contributed by atoms with Crippen molar-refractivity contribution in [3.63, 3.8) is 0 Å². The van der Waals surface area contributed by atoms with Crippen LogP contribution in [0.25, 0.3) is 0 Å². The molecule has 5 fully saturated rings. The molecule has 1 aromatic heterocycles. The molecular weight excluding hydrogens is 406 g/mol. The Kier molecular flexibility index (Phi) is 5.22. The minimum absolute atomic E-state index is 0.0153. The van der Waals surface area contributed by atoms with Crippen LogP contribution in [0.2, 0.25) is 0 Å². The summed E-state index contributed by atoms with van der Waals surface area (Å²) in [6.07, 6.45) is 10.2. The van der Waals surface area contributed by atoms with Crippen molar-refractivity contribution in [1.82, 2.24) is 19.9 Å². The minimum Gasteiger partial charge on any atom is -0.381 e. The van der Waals surface area contributed by atoms with Gasteiger partial charge >= 0.3 is 0 Å². The van der Waals surface area contributed by atoms with Gasteiger partial charge in [-0.1, -0.05) is 5.21 Å². The Morgan fingerprint density at radius 3 is 2.62 bits per heavy atom. The molecule has 0 aromatic carbocycles. The molecule has 6 rings (SSSR count). The summed E-state index contributed by atoms with van der Waals surface area (Å²) in [5.74, 6) is 2.18. The molecule has 3 heterocycles.